The lowest BCUT2D eigenvalue weighted by Gasteiger charge is -2.20. The second kappa shape index (κ2) is 8.80. The highest BCUT2D eigenvalue weighted by atomic mass is 16.6. The maximum Gasteiger partial charge on any atom is 0.328 e. The number of hydrogen-bond donors (Lipinski definition) is 3. The molecule has 1 aromatic heterocycles. The normalized spacial score (nSPS) is 13.1. The Kier molecular flexibility index (Phi) is 6.47. The molecule has 0 aliphatic carbocycles. The molecular weight excluding hydrogens is 312 g/mol. The van der Waals surface area contributed by atoms with Crippen LogP contribution >= 0.6 is 0 Å². The zero-order valence-electron chi connectivity index (χ0n) is 13.3. The van der Waals surface area contributed by atoms with Gasteiger partial charge in [0.25, 0.3) is 5.91 Å². The van der Waals surface area contributed by atoms with E-state index in [0.717, 1.165) is 5.56 Å². The van der Waals surface area contributed by atoms with Gasteiger partial charge in [-0.15, -0.1) is 0 Å². The number of ether oxygens (including phenoxy) is 1. The monoisotopic (exact) mass is 332 g/mol. The highest BCUT2D eigenvalue weighted by Crippen LogP contribution is 2.07. The minimum Gasteiger partial charge on any atom is -0.467 e. The number of amides is 1. The summed E-state index contributed by atoms with van der Waals surface area (Å²) < 4.78 is 4.73. The van der Waals surface area contributed by atoms with Crippen LogP contribution in [0.3, 0.4) is 0 Å². The molecule has 2 atom stereocenters. The Morgan fingerprint density at radius 3 is 2.62 bits per heavy atom. The van der Waals surface area contributed by atoms with Gasteiger partial charge in [0.2, 0.25) is 0 Å². The van der Waals surface area contributed by atoms with Gasteiger partial charge in [-0.25, -0.2) is 15.7 Å². The third-order valence-corrected chi connectivity index (χ3v) is 3.50. The Labute approximate surface area is 139 Å². The fourth-order valence-corrected chi connectivity index (χ4v) is 2.25. The predicted octanol–water partition coefficient (Wildman–Crippen LogP) is 0.112. The van der Waals surface area contributed by atoms with Crippen molar-refractivity contribution in [1.29, 1.82) is 0 Å². The summed E-state index contributed by atoms with van der Waals surface area (Å²) in [6.45, 7) is 0. The first kappa shape index (κ1) is 17.6. The summed E-state index contributed by atoms with van der Waals surface area (Å²) in [4.78, 5) is 35.8. The summed E-state index contributed by atoms with van der Waals surface area (Å²) in [5.74, 6) is 4.20. The molecule has 0 saturated carbocycles. The molecule has 4 N–H and O–H groups in total. The molecule has 0 radical (unpaired) electrons. The van der Waals surface area contributed by atoms with Crippen molar-refractivity contribution in [2.24, 2.45) is 5.90 Å². The van der Waals surface area contributed by atoms with E-state index in [4.69, 9.17) is 15.5 Å². The molecule has 2 aromatic rings. The lowest BCUT2D eigenvalue weighted by molar-refractivity contribution is -0.147. The Morgan fingerprint density at radius 1 is 1.29 bits per heavy atom. The molecule has 0 fully saturated rings. The van der Waals surface area contributed by atoms with Crippen LogP contribution in [0.1, 0.15) is 11.3 Å². The third kappa shape index (κ3) is 4.90. The molecule has 0 bridgehead atoms. The minimum atomic E-state index is -0.915. The molecule has 0 spiro atoms. The van der Waals surface area contributed by atoms with Crippen LogP contribution in [-0.4, -0.2) is 41.1 Å². The fraction of sp³-hybridized carbons (Fsp3) is 0.312. The number of rotatable bonds is 8. The average Bonchev–Trinajstić information content (AvgIpc) is 3.12. The molecule has 0 saturated heterocycles. The van der Waals surface area contributed by atoms with Crippen molar-refractivity contribution >= 4 is 11.9 Å². The van der Waals surface area contributed by atoms with Crippen LogP contribution in [0.2, 0.25) is 0 Å². The quantitative estimate of drug-likeness (QED) is 0.466. The van der Waals surface area contributed by atoms with Crippen LogP contribution in [-0.2, 0) is 32.0 Å². The molecule has 2 rings (SSSR count). The number of nitrogens with one attached hydrogen (secondary N) is 2. The first-order valence-corrected chi connectivity index (χ1v) is 7.39. The number of methoxy groups -OCH3 is 1. The minimum absolute atomic E-state index is 0.223. The maximum atomic E-state index is 12.4. The van der Waals surface area contributed by atoms with Gasteiger partial charge in [-0.3, -0.25) is 9.63 Å². The number of nitrogens with zero attached hydrogens (tertiary/aromatic N) is 1. The number of nitrogens with two attached hydrogens (primary N) is 1. The Morgan fingerprint density at radius 2 is 2.04 bits per heavy atom. The smallest absolute Gasteiger partial charge is 0.328 e. The molecule has 1 aromatic carbocycles. The van der Waals surface area contributed by atoms with E-state index in [2.05, 4.69) is 15.3 Å². The first-order valence-electron chi connectivity index (χ1n) is 7.39. The zero-order chi connectivity index (χ0) is 17.4. The van der Waals surface area contributed by atoms with E-state index in [1.807, 2.05) is 30.3 Å². The SMILES string of the molecule is COC(=O)[C@H](Cc1cnc[nH]1)NC(=O)C(Cc1ccccc1)ON. The summed E-state index contributed by atoms with van der Waals surface area (Å²) in [5.41, 5.74) is 1.59. The van der Waals surface area contributed by atoms with Crippen molar-refractivity contribution in [2.75, 3.05) is 7.11 Å². The number of esters is 1. The maximum absolute atomic E-state index is 12.4. The molecule has 1 unspecified atom stereocenters. The zero-order valence-corrected chi connectivity index (χ0v) is 13.3. The van der Waals surface area contributed by atoms with Crippen molar-refractivity contribution in [3.8, 4) is 0 Å². The number of aromatic amines is 1. The number of imidazole rings is 1. The standard InChI is InChI=1S/C16H20N4O4/c1-23-16(22)13(8-12-9-18-10-19-12)20-15(21)14(24-17)7-11-5-3-2-4-6-11/h2-6,9-10,13-14H,7-8,17H2,1H3,(H,18,19)(H,20,21)/t13-,14?/m0/s1. The van der Waals surface area contributed by atoms with E-state index in [1.165, 1.54) is 13.4 Å². The lowest BCUT2D eigenvalue weighted by atomic mass is 10.1. The summed E-state index contributed by atoms with van der Waals surface area (Å²) in [6.07, 6.45) is 2.67. The van der Waals surface area contributed by atoms with Gasteiger partial charge in [0.15, 0.2) is 6.10 Å². The summed E-state index contributed by atoms with van der Waals surface area (Å²) in [5, 5.41) is 2.61. The number of carbonyl (C=O) groups is 2. The van der Waals surface area contributed by atoms with Crippen molar-refractivity contribution < 1.29 is 19.2 Å². The third-order valence-electron chi connectivity index (χ3n) is 3.50. The van der Waals surface area contributed by atoms with Crippen LogP contribution < -0.4 is 11.2 Å². The van der Waals surface area contributed by atoms with E-state index >= 15 is 0 Å². The second-order valence-electron chi connectivity index (χ2n) is 5.18. The van der Waals surface area contributed by atoms with Gasteiger partial charge >= 0.3 is 5.97 Å². The molecule has 1 heterocycles. The van der Waals surface area contributed by atoms with Gasteiger partial charge in [-0.1, -0.05) is 30.3 Å². The van der Waals surface area contributed by atoms with Gasteiger partial charge in [0.1, 0.15) is 6.04 Å². The Balaban J connectivity index is 2.03. The Bertz CT molecular complexity index is 645. The van der Waals surface area contributed by atoms with E-state index in [1.54, 1.807) is 6.20 Å². The van der Waals surface area contributed by atoms with Crippen molar-refractivity contribution in [3.05, 3.63) is 54.1 Å². The molecular formula is C16H20N4O4. The van der Waals surface area contributed by atoms with Crippen molar-refractivity contribution in [1.82, 2.24) is 15.3 Å². The van der Waals surface area contributed by atoms with E-state index < -0.39 is 24.0 Å². The van der Waals surface area contributed by atoms with Crippen LogP contribution in [0.5, 0.6) is 0 Å². The first-order chi connectivity index (χ1) is 11.6. The molecule has 0 aliphatic heterocycles. The molecule has 128 valence electrons. The largest absolute Gasteiger partial charge is 0.467 e. The molecule has 0 aliphatic rings. The Hall–Kier alpha value is -2.71. The number of hydrogen-bond acceptors (Lipinski definition) is 6. The van der Waals surface area contributed by atoms with E-state index in [-0.39, 0.29) is 6.42 Å². The number of carbonyl (C=O) groups excluding carboxylic acids is 2. The highest BCUT2D eigenvalue weighted by molar-refractivity contribution is 5.87. The van der Waals surface area contributed by atoms with Crippen molar-refractivity contribution in [3.63, 3.8) is 0 Å². The second-order valence-corrected chi connectivity index (χ2v) is 5.18. The van der Waals surface area contributed by atoms with Crippen LogP contribution in [0.25, 0.3) is 0 Å². The number of aromatic nitrogens is 2. The number of H-pyrrole nitrogens is 1. The van der Waals surface area contributed by atoms with E-state index in [0.29, 0.717) is 12.1 Å². The van der Waals surface area contributed by atoms with Gasteiger partial charge in [0, 0.05) is 24.7 Å². The summed E-state index contributed by atoms with van der Waals surface area (Å²) >= 11 is 0. The van der Waals surface area contributed by atoms with Crippen LogP contribution in [0.15, 0.2) is 42.9 Å². The van der Waals surface area contributed by atoms with Gasteiger partial charge in [-0.2, -0.15) is 0 Å². The predicted molar refractivity (Wildman–Crippen MR) is 85.4 cm³/mol. The van der Waals surface area contributed by atoms with E-state index in [9.17, 15) is 9.59 Å². The molecule has 1 amide bonds. The molecule has 8 nitrogen and oxygen atoms in total. The van der Waals surface area contributed by atoms with Crippen LogP contribution in [0.4, 0.5) is 0 Å². The summed E-state index contributed by atoms with van der Waals surface area (Å²) in [7, 11) is 1.26. The molecule has 24 heavy (non-hydrogen) atoms. The van der Waals surface area contributed by atoms with Gasteiger partial charge in [0.05, 0.1) is 13.4 Å². The topological polar surface area (TPSA) is 119 Å². The lowest BCUT2D eigenvalue weighted by Crippen LogP contribution is -2.49. The van der Waals surface area contributed by atoms with Crippen LogP contribution in [0, 0.1) is 0 Å². The highest BCUT2D eigenvalue weighted by Gasteiger charge is 2.27. The fourth-order valence-electron chi connectivity index (χ4n) is 2.25. The van der Waals surface area contributed by atoms with Crippen molar-refractivity contribution in [2.45, 2.75) is 25.0 Å². The average molecular weight is 332 g/mol. The van der Waals surface area contributed by atoms with Gasteiger partial charge < -0.3 is 15.0 Å². The summed E-state index contributed by atoms with van der Waals surface area (Å²) in [6, 6.07) is 8.45. The number of benzene rings is 1. The molecule has 8 heteroatoms. The van der Waals surface area contributed by atoms with Gasteiger partial charge in [-0.05, 0) is 5.56 Å².